The Kier molecular flexibility index (Phi) is 8.85. The Morgan fingerprint density at radius 2 is 1.45 bits per heavy atom. The molecule has 0 aromatic heterocycles. The number of halogens is 2. The number of hydrogen-bond donors (Lipinski definition) is 4. The van der Waals surface area contributed by atoms with Crippen LogP contribution in [-0.4, -0.2) is 63.5 Å². The van der Waals surface area contributed by atoms with Crippen molar-refractivity contribution in [3.05, 3.63) is 100 Å². The van der Waals surface area contributed by atoms with Crippen molar-refractivity contribution in [2.24, 2.45) is 5.92 Å². The second-order valence-corrected chi connectivity index (χ2v) is 11.0. The van der Waals surface area contributed by atoms with Crippen LogP contribution in [0.2, 0.25) is 5.02 Å². The summed E-state index contributed by atoms with van der Waals surface area (Å²) >= 11 is 6.08. The van der Waals surface area contributed by atoms with Gasteiger partial charge in [0.1, 0.15) is 30.2 Å². The molecular formula is C31H33ClFNO6. The lowest BCUT2D eigenvalue weighted by molar-refractivity contribution is -0.228. The van der Waals surface area contributed by atoms with E-state index in [0.717, 1.165) is 35.2 Å². The molecule has 40 heavy (non-hydrogen) atoms. The highest BCUT2D eigenvalue weighted by Gasteiger charge is 2.48. The van der Waals surface area contributed by atoms with E-state index >= 15 is 0 Å². The number of benzene rings is 3. The largest absolute Gasteiger partial charge is 0.394 e. The maximum Gasteiger partial charge on any atom is 0.233 e. The fourth-order valence-corrected chi connectivity index (χ4v) is 5.83. The molecule has 212 valence electrons. The van der Waals surface area contributed by atoms with Crippen LogP contribution >= 0.6 is 11.6 Å². The number of rotatable bonds is 9. The molecule has 3 aromatic rings. The molecule has 2 aliphatic rings. The SMILES string of the molecule is O=C1C(CCCc2ccc(F)cc2)C(c2ccc(C[C@@H]3O[C@H](CO)[C@@H](O)[C@H](O)[C@H]3O)cc2)N1c1ccc(Cl)cc1. The van der Waals surface area contributed by atoms with Crippen molar-refractivity contribution in [1.82, 2.24) is 0 Å². The lowest BCUT2D eigenvalue weighted by Crippen LogP contribution is -2.59. The van der Waals surface area contributed by atoms with E-state index in [1.54, 1.807) is 29.2 Å². The van der Waals surface area contributed by atoms with Crippen molar-refractivity contribution in [1.29, 1.82) is 0 Å². The Hall–Kier alpha value is -2.85. The predicted octanol–water partition coefficient (Wildman–Crippen LogP) is 3.59. The summed E-state index contributed by atoms with van der Waals surface area (Å²) in [5.41, 5.74) is 3.58. The van der Waals surface area contributed by atoms with Gasteiger partial charge in [0.2, 0.25) is 5.91 Å². The van der Waals surface area contributed by atoms with Crippen LogP contribution in [0.5, 0.6) is 0 Å². The summed E-state index contributed by atoms with van der Waals surface area (Å²) in [6.07, 6.45) is -3.38. The molecule has 7 atom stereocenters. The molecule has 0 spiro atoms. The third-order valence-electron chi connectivity index (χ3n) is 7.96. The Bertz CT molecular complexity index is 1290. The summed E-state index contributed by atoms with van der Waals surface area (Å²) in [5.74, 6) is -0.448. The van der Waals surface area contributed by atoms with Gasteiger partial charge in [0, 0.05) is 17.1 Å². The zero-order valence-electron chi connectivity index (χ0n) is 21.8. The van der Waals surface area contributed by atoms with Crippen molar-refractivity contribution < 1.29 is 34.3 Å². The van der Waals surface area contributed by atoms with Crippen LogP contribution in [0.25, 0.3) is 0 Å². The maximum atomic E-state index is 13.3. The number of aliphatic hydroxyl groups excluding tert-OH is 4. The molecule has 2 aliphatic heterocycles. The second kappa shape index (κ2) is 12.3. The third kappa shape index (κ3) is 5.93. The van der Waals surface area contributed by atoms with E-state index in [4.69, 9.17) is 16.3 Å². The Morgan fingerprint density at radius 1 is 0.825 bits per heavy atom. The number of anilines is 1. The topological polar surface area (TPSA) is 110 Å². The van der Waals surface area contributed by atoms with Gasteiger partial charge < -0.3 is 30.1 Å². The number of hydrogen-bond acceptors (Lipinski definition) is 6. The van der Waals surface area contributed by atoms with Crippen molar-refractivity contribution >= 4 is 23.2 Å². The zero-order valence-corrected chi connectivity index (χ0v) is 22.6. The van der Waals surface area contributed by atoms with Crippen LogP contribution in [0.1, 0.15) is 35.6 Å². The highest BCUT2D eigenvalue weighted by Crippen LogP contribution is 2.46. The smallest absolute Gasteiger partial charge is 0.233 e. The summed E-state index contributed by atoms with van der Waals surface area (Å²) in [4.78, 5) is 15.1. The minimum absolute atomic E-state index is 0.0387. The van der Waals surface area contributed by atoms with Gasteiger partial charge in [-0.15, -0.1) is 0 Å². The number of β-lactam (4-membered cyclic amide) rings is 1. The number of carbonyl (C=O) groups is 1. The minimum atomic E-state index is -1.42. The van der Waals surface area contributed by atoms with E-state index in [1.165, 1.54) is 12.1 Å². The average Bonchev–Trinajstić information content (AvgIpc) is 2.96. The van der Waals surface area contributed by atoms with Gasteiger partial charge >= 0.3 is 0 Å². The average molecular weight is 570 g/mol. The van der Waals surface area contributed by atoms with E-state index in [-0.39, 0.29) is 30.1 Å². The zero-order chi connectivity index (χ0) is 28.4. The minimum Gasteiger partial charge on any atom is -0.394 e. The first-order valence-corrected chi connectivity index (χ1v) is 13.9. The van der Waals surface area contributed by atoms with Gasteiger partial charge in [-0.2, -0.15) is 0 Å². The van der Waals surface area contributed by atoms with Crippen molar-refractivity contribution in [3.63, 3.8) is 0 Å². The number of carbonyl (C=O) groups excluding carboxylic acids is 1. The molecule has 2 unspecified atom stereocenters. The molecule has 0 saturated carbocycles. The van der Waals surface area contributed by atoms with Crippen LogP contribution < -0.4 is 4.90 Å². The first-order chi connectivity index (χ1) is 19.3. The summed E-state index contributed by atoms with van der Waals surface area (Å²) in [6.45, 7) is -0.473. The number of nitrogens with zero attached hydrogens (tertiary/aromatic N) is 1. The molecule has 9 heteroatoms. The predicted molar refractivity (Wildman–Crippen MR) is 148 cm³/mol. The van der Waals surface area contributed by atoms with Gasteiger partial charge in [-0.3, -0.25) is 4.79 Å². The Balaban J connectivity index is 1.31. The summed E-state index contributed by atoms with van der Waals surface area (Å²) in [7, 11) is 0. The molecule has 3 aromatic carbocycles. The van der Waals surface area contributed by atoms with Gasteiger partial charge in [-0.25, -0.2) is 4.39 Å². The molecule has 0 radical (unpaired) electrons. The molecule has 2 saturated heterocycles. The van der Waals surface area contributed by atoms with Crippen molar-refractivity contribution in [2.75, 3.05) is 11.5 Å². The van der Waals surface area contributed by atoms with Crippen LogP contribution in [0, 0.1) is 11.7 Å². The highest BCUT2D eigenvalue weighted by atomic mass is 35.5. The molecule has 7 nitrogen and oxygen atoms in total. The Morgan fingerprint density at radius 3 is 2.10 bits per heavy atom. The number of ether oxygens (including phenoxy) is 1. The van der Waals surface area contributed by atoms with Gasteiger partial charge in [0.05, 0.1) is 24.7 Å². The van der Waals surface area contributed by atoms with E-state index < -0.39 is 37.1 Å². The summed E-state index contributed by atoms with van der Waals surface area (Å²) < 4.78 is 18.9. The summed E-state index contributed by atoms with van der Waals surface area (Å²) in [6, 6.07) is 21.1. The van der Waals surface area contributed by atoms with E-state index in [9.17, 15) is 29.6 Å². The highest BCUT2D eigenvalue weighted by molar-refractivity contribution is 6.30. The first kappa shape index (κ1) is 28.7. The fraction of sp³-hybridized carbons (Fsp3) is 0.387. The molecule has 0 bridgehead atoms. The second-order valence-electron chi connectivity index (χ2n) is 10.6. The normalized spacial score (nSPS) is 28.4. The third-order valence-corrected chi connectivity index (χ3v) is 8.21. The summed E-state index contributed by atoms with van der Waals surface area (Å²) in [5, 5.41) is 40.6. The van der Waals surface area contributed by atoms with Crippen molar-refractivity contribution in [2.45, 2.75) is 62.2 Å². The maximum absolute atomic E-state index is 13.3. The van der Waals surface area contributed by atoms with Gasteiger partial charge in [-0.1, -0.05) is 48.0 Å². The first-order valence-electron chi connectivity index (χ1n) is 13.5. The van der Waals surface area contributed by atoms with Gasteiger partial charge in [-0.05, 0) is 72.4 Å². The van der Waals surface area contributed by atoms with E-state index in [2.05, 4.69) is 0 Å². The fourth-order valence-electron chi connectivity index (χ4n) is 5.71. The van der Waals surface area contributed by atoms with Crippen LogP contribution in [-0.2, 0) is 22.4 Å². The monoisotopic (exact) mass is 569 g/mol. The van der Waals surface area contributed by atoms with Crippen molar-refractivity contribution in [3.8, 4) is 0 Å². The quantitative estimate of drug-likeness (QED) is 0.293. The van der Waals surface area contributed by atoms with Crippen LogP contribution in [0.15, 0.2) is 72.8 Å². The molecular weight excluding hydrogens is 537 g/mol. The molecule has 1 amide bonds. The van der Waals surface area contributed by atoms with Gasteiger partial charge in [0.25, 0.3) is 0 Å². The lowest BCUT2D eigenvalue weighted by atomic mass is 9.78. The molecule has 4 N–H and O–H groups in total. The number of amides is 1. The lowest BCUT2D eigenvalue weighted by Gasteiger charge is -2.48. The number of aliphatic hydroxyl groups is 4. The standard InChI is InChI=1S/C31H33ClFNO6/c32-21-10-14-23(15-11-21)34-27(24(31(34)39)3-1-2-18-6-12-22(33)13-7-18)20-8-4-19(5-9-20)16-25-28(36)30(38)29(37)26(17-35)40-25/h4-15,24-30,35-38H,1-3,16-17H2/t24?,25-,26+,27?,28-,29+,30+/m0/s1. The number of aryl methyl sites for hydroxylation is 1. The molecule has 0 aliphatic carbocycles. The van der Waals surface area contributed by atoms with Crippen LogP contribution in [0.3, 0.4) is 0 Å². The van der Waals surface area contributed by atoms with Crippen LogP contribution in [0.4, 0.5) is 10.1 Å². The van der Waals surface area contributed by atoms with Gasteiger partial charge in [0.15, 0.2) is 0 Å². The molecule has 2 heterocycles. The van der Waals surface area contributed by atoms with E-state index in [1.807, 2.05) is 36.4 Å². The van der Waals surface area contributed by atoms with E-state index in [0.29, 0.717) is 11.4 Å². The Labute approximate surface area is 237 Å². The molecule has 5 rings (SSSR count). The molecule has 2 fully saturated rings.